The van der Waals surface area contributed by atoms with Crippen LogP contribution in [0.4, 0.5) is 0 Å². The van der Waals surface area contributed by atoms with Crippen molar-refractivity contribution in [2.75, 3.05) is 13.1 Å². The normalized spacial score (nSPS) is 19.2. The van der Waals surface area contributed by atoms with Crippen molar-refractivity contribution in [2.45, 2.75) is 25.3 Å². The maximum atomic E-state index is 11.7. The van der Waals surface area contributed by atoms with Crippen molar-refractivity contribution in [3.63, 3.8) is 0 Å². The first-order chi connectivity index (χ1) is 8.24. The SMILES string of the molecule is O=C(Cc1ccc(O)cc1)NCC1CCCN1. The van der Waals surface area contributed by atoms with Crippen LogP contribution in [0.3, 0.4) is 0 Å². The standard InChI is InChI=1S/C13H18N2O2/c16-12-5-3-10(4-6-12)8-13(17)15-9-11-2-1-7-14-11/h3-6,11,14,16H,1-2,7-9H2,(H,15,17). The van der Waals surface area contributed by atoms with E-state index in [0.29, 0.717) is 19.0 Å². The van der Waals surface area contributed by atoms with Crippen LogP contribution in [0.25, 0.3) is 0 Å². The van der Waals surface area contributed by atoms with Gasteiger partial charge in [-0.25, -0.2) is 0 Å². The fourth-order valence-corrected chi connectivity index (χ4v) is 2.03. The van der Waals surface area contributed by atoms with Gasteiger partial charge in [-0.05, 0) is 37.1 Å². The lowest BCUT2D eigenvalue weighted by atomic mass is 10.1. The molecule has 92 valence electrons. The van der Waals surface area contributed by atoms with Crippen LogP contribution >= 0.6 is 0 Å². The Morgan fingerprint density at radius 2 is 2.18 bits per heavy atom. The first-order valence-corrected chi connectivity index (χ1v) is 6.02. The van der Waals surface area contributed by atoms with Gasteiger partial charge in [-0.3, -0.25) is 4.79 Å². The fourth-order valence-electron chi connectivity index (χ4n) is 2.03. The number of carbonyl (C=O) groups excluding carboxylic acids is 1. The molecule has 0 aromatic heterocycles. The van der Waals surface area contributed by atoms with Gasteiger partial charge in [0.15, 0.2) is 0 Å². The molecule has 4 nitrogen and oxygen atoms in total. The van der Waals surface area contributed by atoms with Crippen LogP contribution < -0.4 is 10.6 Å². The first kappa shape index (κ1) is 11.9. The van der Waals surface area contributed by atoms with E-state index < -0.39 is 0 Å². The zero-order chi connectivity index (χ0) is 12.1. The van der Waals surface area contributed by atoms with Crippen molar-refractivity contribution in [3.8, 4) is 5.75 Å². The topological polar surface area (TPSA) is 61.4 Å². The number of amides is 1. The van der Waals surface area contributed by atoms with Crippen LogP contribution in [0.15, 0.2) is 24.3 Å². The molecule has 17 heavy (non-hydrogen) atoms. The molecular formula is C13H18N2O2. The lowest BCUT2D eigenvalue weighted by Gasteiger charge is -2.11. The van der Waals surface area contributed by atoms with Gasteiger partial charge in [0.05, 0.1) is 6.42 Å². The number of rotatable bonds is 4. The van der Waals surface area contributed by atoms with Gasteiger partial charge >= 0.3 is 0 Å². The molecule has 0 radical (unpaired) electrons. The van der Waals surface area contributed by atoms with Crippen molar-refractivity contribution in [3.05, 3.63) is 29.8 Å². The molecule has 1 fully saturated rings. The molecular weight excluding hydrogens is 216 g/mol. The van der Waals surface area contributed by atoms with Crippen molar-refractivity contribution in [1.82, 2.24) is 10.6 Å². The number of carbonyl (C=O) groups is 1. The molecule has 0 saturated carbocycles. The summed E-state index contributed by atoms with van der Waals surface area (Å²) in [4.78, 5) is 11.7. The molecule has 3 N–H and O–H groups in total. The third-order valence-corrected chi connectivity index (χ3v) is 3.01. The molecule has 0 bridgehead atoms. The molecule has 1 aromatic carbocycles. The smallest absolute Gasteiger partial charge is 0.224 e. The molecule has 1 saturated heterocycles. The van der Waals surface area contributed by atoms with Crippen molar-refractivity contribution in [2.24, 2.45) is 0 Å². The zero-order valence-corrected chi connectivity index (χ0v) is 9.78. The van der Waals surface area contributed by atoms with E-state index in [1.54, 1.807) is 24.3 Å². The van der Waals surface area contributed by atoms with Crippen LogP contribution in [0.2, 0.25) is 0 Å². The highest BCUT2D eigenvalue weighted by Gasteiger charge is 2.14. The zero-order valence-electron chi connectivity index (χ0n) is 9.78. The molecule has 1 aliphatic heterocycles. The summed E-state index contributed by atoms with van der Waals surface area (Å²) in [6.07, 6.45) is 2.70. The second-order valence-corrected chi connectivity index (χ2v) is 4.44. The van der Waals surface area contributed by atoms with E-state index in [1.807, 2.05) is 0 Å². The van der Waals surface area contributed by atoms with E-state index in [9.17, 15) is 4.79 Å². The molecule has 2 rings (SSSR count). The van der Waals surface area contributed by atoms with E-state index in [1.165, 1.54) is 6.42 Å². The van der Waals surface area contributed by atoms with E-state index in [4.69, 9.17) is 5.11 Å². The molecule has 0 aliphatic carbocycles. The number of nitrogens with one attached hydrogen (secondary N) is 2. The first-order valence-electron chi connectivity index (χ1n) is 6.02. The van der Waals surface area contributed by atoms with Gasteiger partial charge in [-0.2, -0.15) is 0 Å². The Labute approximate surface area is 101 Å². The van der Waals surface area contributed by atoms with Gasteiger partial charge in [0.25, 0.3) is 0 Å². The molecule has 1 aromatic rings. The van der Waals surface area contributed by atoms with Crippen molar-refractivity contribution >= 4 is 5.91 Å². The predicted octanol–water partition coefficient (Wildman–Crippen LogP) is 0.803. The van der Waals surface area contributed by atoms with Gasteiger partial charge in [0, 0.05) is 12.6 Å². The number of benzene rings is 1. The van der Waals surface area contributed by atoms with Gasteiger partial charge < -0.3 is 15.7 Å². The van der Waals surface area contributed by atoms with Gasteiger partial charge in [-0.15, -0.1) is 0 Å². The summed E-state index contributed by atoms with van der Waals surface area (Å²) < 4.78 is 0. The Morgan fingerprint density at radius 3 is 2.82 bits per heavy atom. The molecule has 1 aliphatic rings. The lowest BCUT2D eigenvalue weighted by molar-refractivity contribution is -0.120. The third kappa shape index (κ3) is 3.75. The largest absolute Gasteiger partial charge is 0.508 e. The van der Waals surface area contributed by atoms with E-state index >= 15 is 0 Å². The highest BCUT2D eigenvalue weighted by Crippen LogP contribution is 2.10. The molecule has 1 unspecified atom stereocenters. The second kappa shape index (κ2) is 5.68. The van der Waals surface area contributed by atoms with Crippen molar-refractivity contribution in [1.29, 1.82) is 0 Å². The Bertz CT molecular complexity index is 370. The molecule has 4 heteroatoms. The third-order valence-electron chi connectivity index (χ3n) is 3.01. The summed E-state index contributed by atoms with van der Waals surface area (Å²) in [5, 5.41) is 15.4. The van der Waals surface area contributed by atoms with Crippen LogP contribution in [0, 0.1) is 0 Å². The Kier molecular flexibility index (Phi) is 3.98. The van der Waals surface area contributed by atoms with Crippen LogP contribution in [-0.2, 0) is 11.2 Å². The highest BCUT2D eigenvalue weighted by atomic mass is 16.3. The van der Waals surface area contributed by atoms with E-state index in [0.717, 1.165) is 18.5 Å². The monoisotopic (exact) mass is 234 g/mol. The van der Waals surface area contributed by atoms with Gasteiger partial charge in [0.2, 0.25) is 5.91 Å². The van der Waals surface area contributed by atoms with E-state index in [2.05, 4.69) is 10.6 Å². The van der Waals surface area contributed by atoms with Crippen LogP contribution in [0.1, 0.15) is 18.4 Å². The minimum atomic E-state index is 0.0318. The minimum absolute atomic E-state index is 0.0318. The fraction of sp³-hybridized carbons (Fsp3) is 0.462. The summed E-state index contributed by atoms with van der Waals surface area (Å²) in [6, 6.07) is 7.16. The van der Waals surface area contributed by atoms with Crippen LogP contribution in [-0.4, -0.2) is 30.1 Å². The average molecular weight is 234 g/mol. The summed E-state index contributed by atoms with van der Waals surface area (Å²) in [5.41, 5.74) is 0.916. The maximum absolute atomic E-state index is 11.7. The molecule has 1 amide bonds. The predicted molar refractivity (Wildman–Crippen MR) is 65.8 cm³/mol. The van der Waals surface area contributed by atoms with Crippen molar-refractivity contribution < 1.29 is 9.90 Å². The number of aromatic hydroxyl groups is 1. The Morgan fingerprint density at radius 1 is 1.41 bits per heavy atom. The Hall–Kier alpha value is -1.55. The quantitative estimate of drug-likeness (QED) is 0.722. The maximum Gasteiger partial charge on any atom is 0.224 e. The summed E-state index contributed by atoms with van der Waals surface area (Å²) in [6.45, 7) is 1.76. The minimum Gasteiger partial charge on any atom is -0.508 e. The van der Waals surface area contributed by atoms with E-state index in [-0.39, 0.29) is 11.7 Å². The second-order valence-electron chi connectivity index (χ2n) is 4.44. The summed E-state index contributed by atoms with van der Waals surface area (Å²) in [7, 11) is 0. The number of phenols is 1. The molecule has 1 heterocycles. The van der Waals surface area contributed by atoms with Gasteiger partial charge in [-0.1, -0.05) is 12.1 Å². The number of hydrogen-bond donors (Lipinski definition) is 3. The summed E-state index contributed by atoms with van der Waals surface area (Å²) >= 11 is 0. The molecule has 0 spiro atoms. The van der Waals surface area contributed by atoms with Crippen LogP contribution in [0.5, 0.6) is 5.75 Å². The number of hydrogen-bond acceptors (Lipinski definition) is 3. The summed E-state index contributed by atoms with van der Waals surface area (Å²) in [5.74, 6) is 0.258. The highest BCUT2D eigenvalue weighted by molar-refractivity contribution is 5.78. The average Bonchev–Trinajstić information content (AvgIpc) is 2.83. The number of phenolic OH excluding ortho intramolecular Hbond substituents is 1. The Balaban J connectivity index is 1.74. The van der Waals surface area contributed by atoms with Gasteiger partial charge in [0.1, 0.15) is 5.75 Å². The molecule has 1 atom stereocenters. The lowest BCUT2D eigenvalue weighted by Crippen LogP contribution is -2.37.